The van der Waals surface area contributed by atoms with E-state index in [-0.39, 0.29) is 12.1 Å². The average molecular weight is 315 g/mol. The van der Waals surface area contributed by atoms with Crippen molar-refractivity contribution in [3.8, 4) is 0 Å². The second-order valence-electron chi connectivity index (χ2n) is 5.14. The summed E-state index contributed by atoms with van der Waals surface area (Å²) >= 11 is 0. The van der Waals surface area contributed by atoms with Gasteiger partial charge in [0.05, 0.1) is 11.1 Å². The molecule has 0 spiro atoms. The van der Waals surface area contributed by atoms with Gasteiger partial charge in [0.15, 0.2) is 0 Å². The lowest BCUT2D eigenvalue weighted by Gasteiger charge is -2.18. The number of rotatable bonds is 6. The molecule has 0 heterocycles. The molecule has 1 amide bonds. The first-order valence-corrected chi connectivity index (χ1v) is 7.48. The molecule has 9 heteroatoms. The van der Waals surface area contributed by atoms with Crippen molar-refractivity contribution in [2.45, 2.75) is 20.3 Å². The Kier molecular flexibility index (Phi) is 4.92. The molecule has 0 radical (unpaired) electrons. The minimum atomic E-state index is -3.90. The van der Waals surface area contributed by atoms with Crippen LogP contribution < -0.4 is 15.2 Å². The number of aliphatic carboxylic acids is 1. The molecule has 0 unspecified atom stereocenters. The van der Waals surface area contributed by atoms with Crippen molar-refractivity contribution in [1.29, 1.82) is 0 Å². The van der Waals surface area contributed by atoms with E-state index in [1.165, 1.54) is 32.0 Å². The van der Waals surface area contributed by atoms with Gasteiger partial charge in [0, 0.05) is 12.1 Å². The molecule has 8 nitrogen and oxygen atoms in total. The van der Waals surface area contributed by atoms with E-state index in [2.05, 4.69) is 10.0 Å². The molecule has 0 aliphatic carbocycles. The highest BCUT2D eigenvalue weighted by molar-refractivity contribution is 7.90. The summed E-state index contributed by atoms with van der Waals surface area (Å²) in [5, 5.41) is 16.3. The average Bonchev–Trinajstić information content (AvgIpc) is 2.25. The van der Waals surface area contributed by atoms with Gasteiger partial charge in [-0.05, 0) is 32.0 Å². The summed E-state index contributed by atoms with van der Waals surface area (Å²) in [6.07, 6.45) is -0.213. The van der Waals surface area contributed by atoms with Crippen LogP contribution in [0.4, 0.5) is 11.4 Å². The number of nitrogens with one attached hydrogen (secondary N) is 2. The molecule has 21 heavy (non-hydrogen) atoms. The molecule has 0 aliphatic rings. The number of carbonyl (C=O) groups excluding carboxylic acids is 1. The van der Waals surface area contributed by atoms with E-state index in [4.69, 9.17) is 10.2 Å². The Labute approximate surface area is 122 Å². The Morgan fingerprint density at radius 2 is 1.86 bits per heavy atom. The van der Waals surface area contributed by atoms with Gasteiger partial charge in [-0.15, -0.1) is 0 Å². The Bertz CT molecular complexity index is 655. The maximum atomic E-state index is 11.8. The van der Waals surface area contributed by atoms with Crippen LogP contribution in [0.1, 0.15) is 20.3 Å². The Balaban J connectivity index is 2.78. The van der Waals surface area contributed by atoms with Crippen LogP contribution in [0.15, 0.2) is 24.3 Å². The smallest absolute Gasteiger partial charge is 0.309 e. The minimum Gasteiger partial charge on any atom is -0.481 e. The molecule has 1 aromatic rings. The highest BCUT2D eigenvalue weighted by Crippen LogP contribution is 2.22. The van der Waals surface area contributed by atoms with Crippen molar-refractivity contribution in [2.24, 2.45) is 10.6 Å². The number of nitrogens with two attached hydrogens (primary N) is 1. The van der Waals surface area contributed by atoms with Gasteiger partial charge in [-0.3, -0.25) is 14.3 Å². The van der Waals surface area contributed by atoms with Crippen LogP contribution in [-0.2, 0) is 19.8 Å². The summed E-state index contributed by atoms with van der Waals surface area (Å²) in [6, 6.07) is 5.89. The highest BCUT2D eigenvalue weighted by atomic mass is 32.2. The zero-order valence-electron chi connectivity index (χ0n) is 11.6. The van der Waals surface area contributed by atoms with Crippen LogP contribution in [0.5, 0.6) is 0 Å². The fourth-order valence-electron chi connectivity index (χ4n) is 1.51. The van der Waals surface area contributed by atoms with Crippen LogP contribution in [0.2, 0.25) is 0 Å². The van der Waals surface area contributed by atoms with Gasteiger partial charge in [-0.25, -0.2) is 5.14 Å². The van der Waals surface area contributed by atoms with Gasteiger partial charge in [0.2, 0.25) is 5.91 Å². The molecule has 0 fully saturated rings. The monoisotopic (exact) mass is 315 g/mol. The molecule has 0 saturated carbocycles. The number of anilines is 2. The first-order chi connectivity index (χ1) is 9.49. The molecule has 1 rings (SSSR count). The van der Waals surface area contributed by atoms with Gasteiger partial charge in [0.25, 0.3) is 10.2 Å². The summed E-state index contributed by atoms with van der Waals surface area (Å²) < 4.78 is 23.9. The van der Waals surface area contributed by atoms with Crippen LogP contribution in [0.25, 0.3) is 0 Å². The topological polar surface area (TPSA) is 139 Å². The minimum absolute atomic E-state index is 0.188. The Hall–Kier alpha value is -2.13. The predicted molar refractivity (Wildman–Crippen MR) is 77.8 cm³/mol. The van der Waals surface area contributed by atoms with Gasteiger partial charge in [0.1, 0.15) is 0 Å². The van der Waals surface area contributed by atoms with Crippen molar-refractivity contribution in [3.63, 3.8) is 0 Å². The zero-order chi connectivity index (χ0) is 16.3. The largest absolute Gasteiger partial charge is 0.481 e. The second-order valence-corrected chi connectivity index (χ2v) is 6.44. The lowest BCUT2D eigenvalue weighted by Crippen LogP contribution is -2.29. The fraction of sp³-hybridized carbons (Fsp3) is 0.333. The highest BCUT2D eigenvalue weighted by Gasteiger charge is 2.30. The molecule has 116 valence electrons. The van der Waals surface area contributed by atoms with Crippen molar-refractivity contribution in [1.82, 2.24) is 0 Å². The molecule has 0 bridgehead atoms. The molecule has 0 aliphatic heterocycles. The molecular formula is C12H17N3O5S. The predicted octanol–water partition coefficient (Wildman–Crippen LogP) is 0.741. The van der Waals surface area contributed by atoms with Crippen LogP contribution in [-0.4, -0.2) is 25.4 Å². The van der Waals surface area contributed by atoms with E-state index in [0.717, 1.165) is 0 Å². The molecule has 1 aromatic carbocycles. The second kappa shape index (κ2) is 6.10. The van der Waals surface area contributed by atoms with Crippen molar-refractivity contribution in [3.05, 3.63) is 24.3 Å². The number of hydrogen-bond acceptors (Lipinski definition) is 4. The SMILES string of the molecule is CC(C)(CC(=O)Nc1cccc(NS(N)(=O)=O)c1)C(=O)O. The molecular weight excluding hydrogens is 298 g/mol. The standard InChI is InChI=1S/C12H17N3O5S/c1-12(2,11(17)18)7-10(16)14-8-4-3-5-9(6-8)15-21(13,19)20/h3-6,15H,7H2,1-2H3,(H,14,16)(H,17,18)(H2,13,19,20). The number of amides is 1. The van der Waals surface area contributed by atoms with Crippen molar-refractivity contribution in [2.75, 3.05) is 10.0 Å². The van der Waals surface area contributed by atoms with E-state index < -0.39 is 27.5 Å². The molecule has 0 atom stereocenters. The van der Waals surface area contributed by atoms with Gasteiger partial charge in [-0.1, -0.05) is 6.07 Å². The first kappa shape index (κ1) is 16.9. The van der Waals surface area contributed by atoms with E-state index in [1.807, 2.05) is 0 Å². The maximum absolute atomic E-state index is 11.8. The third kappa shape index (κ3) is 5.79. The number of carboxylic acids is 1. The Morgan fingerprint density at radius 1 is 1.29 bits per heavy atom. The van der Waals surface area contributed by atoms with Gasteiger partial charge in [-0.2, -0.15) is 8.42 Å². The third-order valence-corrected chi connectivity index (χ3v) is 3.11. The third-order valence-electron chi connectivity index (χ3n) is 2.59. The van der Waals surface area contributed by atoms with Gasteiger partial charge < -0.3 is 10.4 Å². The van der Waals surface area contributed by atoms with Gasteiger partial charge >= 0.3 is 5.97 Å². The zero-order valence-corrected chi connectivity index (χ0v) is 12.4. The number of carbonyl (C=O) groups is 2. The summed E-state index contributed by atoms with van der Waals surface area (Å²) in [5.41, 5.74) is -0.678. The van der Waals surface area contributed by atoms with E-state index in [9.17, 15) is 18.0 Å². The Morgan fingerprint density at radius 3 is 2.38 bits per heavy atom. The first-order valence-electron chi connectivity index (χ1n) is 5.93. The number of carboxylic acid groups (broad SMARTS) is 1. The summed E-state index contributed by atoms with van der Waals surface area (Å²) in [7, 11) is -3.90. The lowest BCUT2D eigenvalue weighted by atomic mass is 9.89. The van der Waals surface area contributed by atoms with Crippen molar-refractivity contribution < 1.29 is 23.1 Å². The molecule has 0 aromatic heterocycles. The quantitative estimate of drug-likeness (QED) is 0.613. The van der Waals surface area contributed by atoms with E-state index >= 15 is 0 Å². The molecule has 0 saturated heterocycles. The normalized spacial score (nSPS) is 11.8. The number of hydrogen-bond donors (Lipinski definition) is 4. The lowest BCUT2D eigenvalue weighted by molar-refractivity contribution is -0.148. The maximum Gasteiger partial charge on any atom is 0.309 e. The van der Waals surface area contributed by atoms with Crippen molar-refractivity contribution >= 4 is 33.5 Å². The van der Waals surface area contributed by atoms with E-state index in [1.54, 1.807) is 6.07 Å². The molecule has 5 N–H and O–H groups in total. The summed E-state index contributed by atoms with van der Waals surface area (Å²) in [6.45, 7) is 2.88. The number of benzene rings is 1. The summed E-state index contributed by atoms with van der Waals surface area (Å²) in [4.78, 5) is 22.7. The fourth-order valence-corrected chi connectivity index (χ4v) is 1.96. The van der Waals surface area contributed by atoms with E-state index in [0.29, 0.717) is 5.69 Å². The van der Waals surface area contributed by atoms with Crippen LogP contribution >= 0.6 is 0 Å². The summed E-state index contributed by atoms with van der Waals surface area (Å²) in [5.74, 6) is -1.57. The van der Waals surface area contributed by atoms with Crippen LogP contribution in [0.3, 0.4) is 0 Å². The van der Waals surface area contributed by atoms with Crippen LogP contribution in [0, 0.1) is 5.41 Å².